The Balaban J connectivity index is 2.22. The fraction of sp³-hybridized carbons (Fsp3) is 0.0769. The molecule has 0 unspecified atom stereocenters. The van der Waals surface area contributed by atoms with Gasteiger partial charge in [0.05, 0.1) is 21.8 Å². The molecule has 1 aromatic carbocycles. The summed E-state index contributed by atoms with van der Waals surface area (Å²) in [6.45, 7) is 0. The van der Waals surface area contributed by atoms with Gasteiger partial charge in [-0.25, -0.2) is 9.97 Å². The van der Waals surface area contributed by atoms with Crippen molar-refractivity contribution in [3.63, 3.8) is 0 Å². The Morgan fingerprint density at radius 1 is 1.11 bits per heavy atom. The first kappa shape index (κ1) is 12.7. The lowest BCUT2D eigenvalue weighted by Gasteiger charge is -2.05. The Kier molecular flexibility index (Phi) is 3.31. The zero-order valence-corrected chi connectivity index (χ0v) is 12.2. The maximum Gasteiger partial charge on any atom is 0.171 e. The average Bonchev–Trinajstić information content (AvgIpc) is 2.84. The van der Waals surface area contributed by atoms with E-state index in [1.54, 1.807) is 7.11 Å². The second-order valence-electron chi connectivity index (χ2n) is 3.82. The Labute approximate surface area is 123 Å². The molecule has 0 fully saturated rings. The van der Waals surface area contributed by atoms with E-state index in [0.717, 1.165) is 21.5 Å². The summed E-state index contributed by atoms with van der Waals surface area (Å²) in [5, 5.41) is 1.22. The van der Waals surface area contributed by atoms with E-state index in [0.29, 0.717) is 15.3 Å². The van der Waals surface area contributed by atoms with Gasteiger partial charge in [-0.3, -0.25) is 0 Å². The third-order valence-electron chi connectivity index (χ3n) is 2.65. The van der Waals surface area contributed by atoms with Crippen LogP contribution in [0.2, 0.25) is 9.49 Å². The maximum atomic E-state index is 6.19. The molecule has 2 aromatic heterocycles. The molecule has 0 N–H and O–H groups in total. The summed E-state index contributed by atoms with van der Waals surface area (Å²) in [6, 6.07) is 9.21. The van der Waals surface area contributed by atoms with Crippen LogP contribution in [0.25, 0.3) is 21.6 Å². The fourth-order valence-electron chi connectivity index (χ4n) is 1.74. The molecular weight excluding hydrogens is 303 g/mol. The van der Waals surface area contributed by atoms with Crippen LogP contribution in [0.5, 0.6) is 5.75 Å². The molecule has 3 rings (SSSR count). The molecule has 0 aliphatic heterocycles. The van der Waals surface area contributed by atoms with E-state index in [-0.39, 0.29) is 0 Å². The molecule has 0 aliphatic carbocycles. The van der Waals surface area contributed by atoms with Crippen molar-refractivity contribution in [3.05, 3.63) is 39.8 Å². The van der Waals surface area contributed by atoms with Crippen molar-refractivity contribution < 1.29 is 4.74 Å². The normalized spacial score (nSPS) is 10.9. The van der Waals surface area contributed by atoms with Gasteiger partial charge in [-0.1, -0.05) is 23.2 Å². The standard InChI is InChI=1S/C13H8Cl2N2OS/c1-18-7-2-3-8-9(6-7)16-13(17-12(8)15)10-4-5-11(14)19-10/h2-6H,1H3. The molecule has 0 bridgehead atoms. The highest BCUT2D eigenvalue weighted by Gasteiger charge is 2.10. The van der Waals surface area contributed by atoms with Crippen molar-refractivity contribution in [3.8, 4) is 16.5 Å². The molecule has 0 saturated carbocycles. The van der Waals surface area contributed by atoms with Gasteiger partial charge in [0.15, 0.2) is 5.82 Å². The van der Waals surface area contributed by atoms with Crippen LogP contribution < -0.4 is 4.74 Å². The van der Waals surface area contributed by atoms with Crippen molar-refractivity contribution in [2.24, 2.45) is 0 Å². The number of rotatable bonds is 2. The zero-order chi connectivity index (χ0) is 13.4. The van der Waals surface area contributed by atoms with E-state index >= 15 is 0 Å². The van der Waals surface area contributed by atoms with E-state index in [4.69, 9.17) is 27.9 Å². The molecule has 0 saturated heterocycles. The highest BCUT2D eigenvalue weighted by Crippen LogP contribution is 2.32. The largest absolute Gasteiger partial charge is 0.497 e. The molecule has 3 aromatic rings. The van der Waals surface area contributed by atoms with Crippen LogP contribution in [0.15, 0.2) is 30.3 Å². The minimum Gasteiger partial charge on any atom is -0.497 e. The van der Waals surface area contributed by atoms with Gasteiger partial charge in [-0.15, -0.1) is 11.3 Å². The van der Waals surface area contributed by atoms with E-state index in [9.17, 15) is 0 Å². The number of benzene rings is 1. The summed E-state index contributed by atoms with van der Waals surface area (Å²) in [5.74, 6) is 1.31. The van der Waals surface area contributed by atoms with Crippen molar-refractivity contribution in [1.29, 1.82) is 0 Å². The SMILES string of the molecule is COc1ccc2c(Cl)nc(-c3ccc(Cl)s3)nc2c1. The van der Waals surface area contributed by atoms with Crippen LogP contribution in [-0.2, 0) is 0 Å². The van der Waals surface area contributed by atoms with Crippen molar-refractivity contribution in [2.45, 2.75) is 0 Å². The van der Waals surface area contributed by atoms with Crippen LogP contribution in [0.4, 0.5) is 0 Å². The van der Waals surface area contributed by atoms with Gasteiger partial charge in [0.2, 0.25) is 0 Å². The van der Waals surface area contributed by atoms with Gasteiger partial charge in [0.25, 0.3) is 0 Å². The minimum absolute atomic E-state index is 0.423. The molecule has 0 radical (unpaired) electrons. The zero-order valence-electron chi connectivity index (χ0n) is 9.85. The van der Waals surface area contributed by atoms with Crippen LogP contribution in [0, 0.1) is 0 Å². The Morgan fingerprint density at radius 2 is 1.95 bits per heavy atom. The highest BCUT2D eigenvalue weighted by atomic mass is 35.5. The third-order valence-corrected chi connectivity index (χ3v) is 4.17. The molecule has 0 amide bonds. The second kappa shape index (κ2) is 4.96. The number of hydrogen-bond donors (Lipinski definition) is 0. The highest BCUT2D eigenvalue weighted by molar-refractivity contribution is 7.19. The van der Waals surface area contributed by atoms with Crippen LogP contribution >= 0.6 is 34.5 Å². The molecule has 2 heterocycles. The number of thiophene rings is 1. The molecule has 96 valence electrons. The molecule has 0 aliphatic rings. The quantitative estimate of drug-likeness (QED) is 0.645. The first-order chi connectivity index (χ1) is 9.17. The van der Waals surface area contributed by atoms with E-state index in [2.05, 4.69) is 9.97 Å². The van der Waals surface area contributed by atoms with Gasteiger partial charge < -0.3 is 4.74 Å². The number of methoxy groups -OCH3 is 1. The van der Waals surface area contributed by atoms with Gasteiger partial charge in [0.1, 0.15) is 10.9 Å². The number of aromatic nitrogens is 2. The van der Waals surface area contributed by atoms with Crippen molar-refractivity contribution in [1.82, 2.24) is 9.97 Å². The van der Waals surface area contributed by atoms with Crippen LogP contribution in [-0.4, -0.2) is 17.1 Å². The molecule has 0 atom stereocenters. The lowest BCUT2D eigenvalue weighted by Crippen LogP contribution is -1.91. The van der Waals surface area contributed by atoms with Gasteiger partial charge in [-0.05, 0) is 24.3 Å². The first-order valence-corrected chi connectivity index (χ1v) is 7.01. The van der Waals surface area contributed by atoms with E-state index < -0.39 is 0 Å². The summed E-state index contributed by atoms with van der Waals surface area (Å²) in [6.07, 6.45) is 0. The molecule has 3 nitrogen and oxygen atoms in total. The lowest BCUT2D eigenvalue weighted by atomic mass is 10.2. The number of ether oxygens (including phenoxy) is 1. The summed E-state index contributed by atoms with van der Waals surface area (Å²) < 4.78 is 5.88. The summed E-state index contributed by atoms with van der Waals surface area (Å²) >= 11 is 13.5. The molecule has 0 spiro atoms. The van der Waals surface area contributed by atoms with Crippen LogP contribution in [0.3, 0.4) is 0 Å². The van der Waals surface area contributed by atoms with Gasteiger partial charge in [0, 0.05) is 11.5 Å². The number of hydrogen-bond acceptors (Lipinski definition) is 4. The first-order valence-electron chi connectivity index (χ1n) is 5.44. The Morgan fingerprint density at radius 3 is 2.63 bits per heavy atom. The topological polar surface area (TPSA) is 35.0 Å². The predicted molar refractivity (Wildman–Crippen MR) is 79.4 cm³/mol. The maximum absolute atomic E-state index is 6.19. The predicted octanol–water partition coefficient (Wildman–Crippen LogP) is 4.67. The Bertz CT molecular complexity index is 757. The number of nitrogens with zero attached hydrogens (tertiary/aromatic N) is 2. The Hall–Kier alpha value is -1.36. The van der Waals surface area contributed by atoms with Crippen molar-refractivity contribution >= 4 is 45.4 Å². The summed E-state index contributed by atoms with van der Waals surface area (Å²) in [5.41, 5.74) is 0.749. The average molecular weight is 311 g/mol. The molecular formula is C13H8Cl2N2OS. The third kappa shape index (κ3) is 2.39. The minimum atomic E-state index is 0.423. The summed E-state index contributed by atoms with van der Waals surface area (Å²) in [7, 11) is 1.61. The van der Waals surface area contributed by atoms with Gasteiger partial charge in [-0.2, -0.15) is 0 Å². The number of halogens is 2. The smallest absolute Gasteiger partial charge is 0.171 e. The van der Waals surface area contributed by atoms with Gasteiger partial charge >= 0.3 is 0 Å². The molecule has 19 heavy (non-hydrogen) atoms. The second-order valence-corrected chi connectivity index (χ2v) is 5.90. The van der Waals surface area contributed by atoms with E-state index in [1.807, 2.05) is 30.3 Å². The molecule has 6 heteroatoms. The van der Waals surface area contributed by atoms with E-state index in [1.165, 1.54) is 11.3 Å². The fourth-order valence-corrected chi connectivity index (χ4v) is 2.96. The summed E-state index contributed by atoms with van der Waals surface area (Å²) in [4.78, 5) is 9.70. The number of fused-ring (bicyclic) bond motifs is 1. The monoisotopic (exact) mass is 310 g/mol. The van der Waals surface area contributed by atoms with Crippen molar-refractivity contribution in [2.75, 3.05) is 7.11 Å². The van der Waals surface area contributed by atoms with Crippen LogP contribution in [0.1, 0.15) is 0 Å². The lowest BCUT2D eigenvalue weighted by molar-refractivity contribution is 0.415.